The van der Waals surface area contributed by atoms with Gasteiger partial charge < -0.3 is 0 Å². The van der Waals surface area contributed by atoms with E-state index in [1.54, 1.807) is 19.3 Å². The van der Waals surface area contributed by atoms with E-state index >= 15 is 0 Å². The zero-order chi connectivity index (χ0) is 15.5. The highest BCUT2D eigenvalue weighted by Crippen LogP contribution is 2.25. The second-order valence-electron chi connectivity index (χ2n) is 4.88. The quantitative estimate of drug-likeness (QED) is 0.803. The molecule has 0 aliphatic rings. The Morgan fingerprint density at radius 2 is 2.05 bits per heavy atom. The number of amides is 1. The van der Waals surface area contributed by atoms with E-state index < -0.39 is 0 Å². The smallest absolute Gasteiger partial charge is 0.275 e. The van der Waals surface area contributed by atoms with Gasteiger partial charge in [-0.25, -0.2) is 4.98 Å². The molecule has 112 valence electrons. The maximum absolute atomic E-state index is 12.1. The molecule has 2 heterocycles. The van der Waals surface area contributed by atoms with E-state index in [9.17, 15) is 4.79 Å². The van der Waals surface area contributed by atoms with Crippen molar-refractivity contribution >= 4 is 22.4 Å². The van der Waals surface area contributed by atoms with Crippen molar-refractivity contribution in [2.24, 2.45) is 7.05 Å². The Morgan fingerprint density at radius 3 is 2.68 bits per heavy atom. The average molecular weight is 312 g/mol. The Bertz CT molecular complexity index is 789. The Kier molecular flexibility index (Phi) is 4.02. The van der Waals surface area contributed by atoms with Crippen LogP contribution in [0.5, 0.6) is 0 Å². The zero-order valence-electron chi connectivity index (χ0n) is 12.4. The number of hydrogen-bond acceptors (Lipinski definition) is 4. The Morgan fingerprint density at radius 1 is 1.27 bits per heavy atom. The normalized spacial score (nSPS) is 10.6. The van der Waals surface area contributed by atoms with Crippen LogP contribution in [0, 0.1) is 0 Å². The van der Waals surface area contributed by atoms with E-state index in [0.717, 1.165) is 17.7 Å². The highest BCUT2D eigenvalue weighted by Gasteiger charge is 2.12. The summed E-state index contributed by atoms with van der Waals surface area (Å²) in [5, 5.41) is 9.32. The summed E-state index contributed by atoms with van der Waals surface area (Å²) in [7, 11) is 1.73. The summed E-state index contributed by atoms with van der Waals surface area (Å²) in [6, 6.07) is 9.99. The largest absolute Gasteiger partial charge is 0.296 e. The molecule has 0 saturated heterocycles. The van der Waals surface area contributed by atoms with Crippen LogP contribution in [0.1, 0.15) is 23.0 Å². The monoisotopic (exact) mass is 312 g/mol. The number of nitrogens with zero attached hydrogens (tertiary/aromatic N) is 3. The predicted molar refractivity (Wildman–Crippen MR) is 88.1 cm³/mol. The van der Waals surface area contributed by atoms with Crippen molar-refractivity contribution in [1.29, 1.82) is 0 Å². The molecule has 1 aromatic carbocycles. The molecule has 0 aliphatic carbocycles. The van der Waals surface area contributed by atoms with Crippen molar-refractivity contribution in [3.63, 3.8) is 0 Å². The number of aromatic nitrogens is 3. The third kappa shape index (κ3) is 2.92. The van der Waals surface area contributed by atoms with E-state index in [0.29, 0.717) is 10.8 Å². The molecular weight excluding hydrogens is 296 g/mol. The highest BCUT2D eigenvalue weighted by molar-refractivity contribution is 7.14. The molecular formula is C16H16N4OS. The minimum Gasteiger partial charge on any atom is -0.296 e. The lowest BCUT2D eigenvalue weighted by molar-refractivity contribution is 0.101. The lowest BCUT2D eigenvalue weighted by atomic mass is 10.1. The van der Waals surface area contributed by atoms with Crippen LogP contribution in [0.25, 0.3) is 11.3 Å². The number of rotatable bonds is 4. The van der Waals surface area contributed by atoms with E-state index in [4.69, 9.17) is 0 Å². The lowest BCUT2D eigenvalue weighted by Crippen LogP contribution is -2.15. The molecule has 2 aromatic heterocycles. The first-order valence-corrected chi connectivity index (χ1v) is 7.89. The average Bonchev–Trinajstić information content (AvgIpc) is 3.16. The van der Waals surface area contributed by atoms with Crippen LogP contribution in [0.3, 0.4) is 0 Å². The molecule has 6 heteroatoms. The zero-order valence-corrected chi connectivity index (χ0v) is 13.2. The van der Waals surface area contributed by atoms with E-state index in [1.807, 2.05) is 5.38 Å². The van der Waals surface area contributed by atoms with Crippen LogP contribution in [-0.2, 0) is 13.5 Å². The minimum absolute atomic E-state index is 0.206. The summed E-state index contributed by atoms with van der Waals surface area (Å²) in [6.45, 7) is 2.13. The van der Waals surface area contributed by atoms with Crippen LogP contribution in [0.2, 0.25) is 0 Å². The number of anilines is 1. The predicted octanol–water partition coefficient (Wildman–Crippen LogP) is 3.36. The van der Waals surface area contributed by atoms with Gasteiger partial charge in [-0.15, -0.1) is 11.3 Å². The molecule has 0 fully saturated rings. The Labute approximate surface area is 132 Å². The lowest BCUT2D eigenvalue weighted by Gasteiger charge is -2.02. The molecule has 0 aliphatic heterocycles. The van der Waals surface area contributed by atoms with Gasteiger partial charge in [0.05, 0.1) is 5.69 Å². The third-order valence-corrected chi connectivity index (χ3v) is 4.19. The number of thiazole rings is 1. The van der Waals surface area contributed by atoms with Gasteiger partial charge in [-0.3, -0.25) is 14.8 Å². The molecule has 1 N–H and O–H groups in total. The molecule has 0 unspecified atom stereocenters. The Balaban J connectivity index is 1.76. The molecule has 3 rings (SSSR count). The third-order valence-electron chi connectivity index (χ3n) is 3.44. The van der Waals surface area contributed by atoms with Gasteiger partial charge in [-0.2, -0.15) is 5.10 Å². The first kappa shape index (κ1) is 14.5. The SMILES string of the molecule is CCc1ccc(-c2csc(NC(=O)c3ccnn3C)n2)cc1. The minimum atomic E-state index is -0.206. The summed E-state index contributed by atoms with van der Waals surface area (Å²) < 4.78 is 1.54. The van der Waals surface area contributed by atoms with Crippen molar-refractivity contribution in [3.8, 4) is 11.3 Å². The summed E-state index contributed by atoms with van der Waals surface area (Å²) in [5.74, 6) is -0.206. The molecule has 0 spiro atoms. The van der Waals surface area contributed by atoms with E-state index in [2.05, 4.69) is 46.6 Å². The van der Waals surface area contributed by atoms with Crippen molar-refractivity contribution < 1.29 is 4.79 Å². The van der Waals surface area contributed by atoms with Gasteiger partial charge in [-0.05, 0) is 18.1 Å². The van der Waals surface area contributed by atoms with Crippen LogP contribution >= 0.6 is 11.3 Å². The molecule has 5 nitrogen and oxygen atoms in total. The number of hydrogen-bond donors (Lipinski definition) is 1. The summed E-state index contributed by atoms with van der Waals surface area (Å²) >= 11 is 1.41. The molecule has 0 saturated carbocycles. The molecule has 1 amide bonds. The number of aryl methyl sites for hydroxylation is 2. The number of nitrogens with one attached hydrogen (secondary N) is 1. The van der Waals surface area contributed by atoms with E-state index in [-0.39, 0.29) is 5.91 Å². The van der Waals surface area contributed by atoms with Gasteiger partial charge in [0.15, 0.2) is 5.13 Å². The van der Waals surface area contributed by atoms with Gasteiger partial charge in [0, 0.05) is 24.2 Å². The topological polar surface area (TPSA) is 59.8 Å². The fourth-order valence-corrected chi connectivity index (χ4v) is 2.85. The summed E-state index contributed by atoms with van der Waals surface area (Å²) in [5.41, 5.74) is 3.72. The van der Waals surface area contributed by atoms with Crippen LogP contribution < -0.4 is 5.32 Å². The second kappa shape index (κ2) is 6.11. The first-order valence-electron chi connectivity index (χ1n) is 7.01. The van der Waals surface area contributed by atoms with Crippen molar-refractivity contribution in [2.45, 2.75) is 13.3 Å². The van der Waals surface area contributed by atoms with Crippen LogP contribution in [0.15, 0.2) is 41.9 Å². The molecule has 0 bridgehead atoms. The fraction of sp³-hybridized carbons (Fsp3) is 0.188. The first-order chi connectivity index (χ1) is 10.7. The van der Waals surface area contributed by atoms with Crippen LogP contribution in [0.4, 0.5) is 5.13 Å². The van der Waals surface area contributed by atoms with Gasteiger partial charge in [0.2, 0.25) is 0 Å². The number of carbonyl (C=O) groups excluding carboxylic acids is 1. The number of benzene rings is 1. The maximum atomic E-state index is 12.1. The van der Waals surface area contributed by atoms with Gasteiger partial charge in [0.25, 0.3) is 5.91 Å². The second-order valence-corrected chi connectivity index (χ2v) is 5.74. The molecule has 0 atom stereocenters. The number of carbonyl (C=O) groups is 1. The molecule has 3 aromatic rings. The van der Waals surface area contributed by atoms with Crippen molar-refractivity contribution in [2.75, 3.05) is 5.32 Å². The molecule has 22 heavy (non-hydrogen) atoms. The standard InChI is InChI=1S/C16H16N4OS/c1-3-11-4-6-12(7-5-11)13-10-22-16(18-13)19-15(21)14-8-9-17-20(14)2/h4-10H,3H2,1-2H3,(H,18,19,21). The van der Waals surface area contributed by atoms with Crippen molar-refractivity contribution in [3.05, 3.63) is 53.2 Å². The van der Waals surface area contributed by atoms with Crippen LogP contribution in [-0.4, -0.2) is 20.7 Å². The summed E-state index contributed by atoms with van der Waals surface area (Å²) in [4.78, 5) is 16.6. The van der Waals surface area contributed by atoms with Gasteiger partial charge >= 0.3 is 0 Å². The highest BCUT2D eigenvalue weighted by atomic mass is 32.1. The van der Waals surface area contributed by atoms with Gasteiger partial charge in [0.1, 0.15) is 5.69 Å². The molecule has 0 radical (unpaired) electrons. The van der Waals surface area contributed by atoms with Gasteiger partial charge in [-0.1, -0.05) is 31.2 Å². The Hall–Kier alpha value is -2.47. The van der Waals surface area contributed by atoms with Crippen molar-refractivity contribution in [1.82, 2.24) is 14.8 Å². The maximum Gasteiger partial charge on any atom is 0.275 e. The van der Waals surface area contributed by atoms with E-state index in [1.165, 1.54) is 21.6 Å². The fourth-order valence-electron chi connectivity index (χ4n) is 2.13. The summed E-state index contributed by atoms with van der Waals surface area (Å²) in [6.07, 6.45) is 2.61.